The highest BCUT2D eigenvalue weighted by atomic mass is 16.3. The molecule has 0 spiro atoms. The van der Waals surface area contributed by atoms with Gasteiger partial charge in [0.2, 0.25) is 0 Å². The molecule has 0 fully saturated rings. The zero-order valence-corrected chi connectivity index (χ0v) is 33.9. The Kier molecular flexibility index (Phi) is 6.17. The molecule has 2 aliphatic heterocycles. The molecule has 0 saturated carbocycles. The average molecular weight is 772 g/mol. The Morgan fingerprint density at radius 1 is 0.450 bits per heavy atom. The van der Waals surface area contributed by atoms with Crippen molar-refractivity contribution in [3.63, 3.8) is 0 Å². The normalized spacial score (nSPS) is 16.3. The van der Waals surface area contributed by atoms with Crippen LogP contribution in [0.5, 0.6) is 0 Å². The standard InChI is InChI=1S/C55H42BN3O/c1-31-2-21-52-47(22-31)54-55(60-52)56-48-27-40-11-12-41(40)28-49(48)58(44-19-15-34-5-9-38(34)25-44)50-29-46(30-51(53(50)56)59(54)45-20-16-35-6-10-39(35)26-45)57(42-17-13-32-3-7-36(32)23-42)43-18-14-33-4-8-37(33)24-43/h2,13-30H,3-12H2,1H3. The number of hydrogen-bond acceptors (Lipinski definition) is 4. The lowest BCUT2D eigenvalue weighted by atomic mass is 9.35. The van der Waals surface area contributed by atoms with Crippen molar-refractivity contribution in [3.05, 3.63) is 176 Å². The van der Waals surface area contributed by atoms with E-state index in [0.29, 0.717) is 0 Å². The monoisotopic (exact) mass is 771 g/mol. The number of fused-ring (bicyclic) bond motifs is 11. The summed E-state index contributed by atoms with van der Waals surface area (Å²) in [5.41, 5.74) is 31.8. The van der Waals surface area contributed by atoms with Crippen LogP contribution in [0.4, 0.5) is 51.2 Å². The van der Waals surface area contributed by atoms with E-state index >= 15 is 0 Å². The topological polar surface area (TPSA) is 22.9 Å². The van der Waals surface area contributed by atoms with Crippen LogP contribution in [0.3, 0.4) is 0 Å². The SMILES string of the molecule is Cc1ccc2oc3c(c2c1)N(c1ccc2c(c1)CC2)c1cc(N(c2ccc4c(c2)CC4)c2ccc4c(c2)CC4)cc2c1B3c1cc3c(cc1N2c1ccc2c(c1)CC2)CC3. The summed E-state index contributed by atoms with van der Waals surface area (Å²) in [4.78, 5) is 7.79. The number of rotatable bonds is 5. The van der Waals surface area contributed by atoms with Gasteiger partial charge < -0.3 is 19.1 Å². The summed E-state index contributed by atoms with van der Waals surface area (Å²) in [5, 5.41) is 1.18. The molecule has 3 heterocycles. The van der Waals surface area contributed by atoms with E-state index in [0.717, 1.165) is 56.2 Å². The third-order valence-electron chi connectivity index (χ3n) is 15.5. The molecule has 286 valence electrons. The van der Waals surface area contributed by atoms with Crippen LogP contribution >= 0.6 is 0 Å². The lowest BCUT2D eigenvalue weighted by molar-refractivity contribution is 0.651. The first-order valence-electron chi connectivity index (χ1n) is 22.3. The zero-order chi connectivity index (χ0) is 39.0. The molecule has 7 aliphatic rings. The molecule has 0 atom stereocenters. The lowest BCUT2D eigenvalue weighted by Gasteiger charge is -2.44. The highest BCUT2D eigenvalue weighted by molar-refractivity contribution is 7.00. The summed E-state index contributed by atoms with van der Waals surface area (Å²) < 4.78 is 7.25. The first-order valence-corrected chi connectivity index (χ1v) is 22.3. The smallest absolute Gasteiger partial charge is 0.297 e. The Morgan fingerprint density at radius 2 is 0.967 bits per heavy atom. The second kappa shape index (κ2) is 11.4. The molecule has 0 N–H and O–H groups in total. The summed E-state index contributed by atoms with van der Waals surface area (Å²) in [5.74, 6) is 0. The van der Waals surface area contributed by atoms with Gasteiger partial charge in [0.15, 0.2) is 0 Å². The molecule has 60 heavy (non-hydrogen) atoms. The van der Waals surface area contributed by atoms with Crippen molar-refractivity contribution in [3.8, 4) is 0 Å². The van der Waals surface area contributed by atoms with E-state index in [1.807, 2.05) is 0 Å². The molecule has 1 aromatic heterocycles. The van der Waals surface area contributed by atoms with Crippen LogP contribution < -0.4 is 31.3 Å². The second-order valence-electron chi connectivity index (χ2n) is 18.6. The molecule has 0 unspecified atom stereocenters. The maximum Gasteiger partial charge on any atom is 0.297 e. The fourth-order valence-corrected chi connectivity index (χ4v) is 11.7. The van der Waals surface area contributed by atoms with Gasteiger partial charge in [-0.1, -0.05) is 42.0 Å². The van der Waals surface area contributed by atoms with Crippen molar-refractivity contribution in [1.82, 2.24) is 0 Å². The van der Waals surface area contributed by atoms with E-state index in [1.165, 1.54) is 148 Å². The molecular weight excluding hydrogens is 729 g/mol. The fourth-order valence-electron chi connectivity index (χ4n) is 11.7. The molecule has 0 amide bonds. The first-order chi connectivity index (χ1) is 29.6. The molecular formula is C55H42BN3O. The Bertz CT molecular complexity index is 3230. The van der Waals surface area contributed by atoms with E-state index in [2.05, 4.69) is 137 Å². The van der Waals surface area contributed by atoms with E-state index in [4.69, 9.17) is 4.42 Å². The minimum atomic E-state index is -0.0557. The van der Waals surface area contributed by atoms with Gasteiger partial charge in [0.25, 0.3) is 6.71 Å². The van der Waals surface area contributed by atoms with Crippen molar-refractivity contribution in [1.29, 1.82) is 0 Å². The van der Waals surface area contributed by atoms with Crippen molar-refractivity contribution in [2.75, 3.05) is 14.7 Å². The quantitative estimate of drug-likeness (QED) is 0.163. The van der Waals surface area contributed by atoms with Crippen LogP contribution in [-0.2, 0) is 64.2 Å². The molecule has 5 heteroatoms. The number of hydrogen-bond donors (Lipinski definition) is 0. The van der Waals surface area contributed by atoms with E-state index in [-0.39, 0.29) is 6.71 Å². The second-order valence-corrected chi connectivity index (χ2v) is 18.6. The predicted octanol–water partition coefficient (Wildman–Crippen LogP) is 10.8. The average Bonchev–Trinajstić information content (AvgIpc) is 3.57. The maximum absolute atomic E-state index is 7.25. The van der Waals surface area contributed by atoms with Crippen LogP contribution in [0.1, 0.15) is 61.2 Å². The van der Waals surface area contributed by atoms with E-state index in [9.17, 15) is 0 Å². The van der Waals surface area contributed by atoms with Gasteiger partial charge in [-0.3, -0.25) is 0 Å². The minimum absolute atomic E-state index is 0.0557. The highest BCUT2D eigenvalue weighted by Crippen LogP contribution is 2.52. The van der Waals surface area contributed by atoms with Crippen molar-refractivity contribution in [2.24, 2.45) is 0 Å². The van der Waals surface area contributed by atoms with Crippen molar-refractivity contribution >= 4 is 85.5 Å². The fraction of sp³-hybridized carbons (Fsp3) is 0.200. The summed E-state index contributed by atoms with van der Waals surface area (Å²) >= 11 is 0. The molecule has 0 saturated heterocycles. The van der Waals surface area contributed by atoms with Gasteiger partial charge in [-0.05, 0) is 217 Å². The summed E-state index contributed by atoms with van der Waals surface area (Å²) in [7, 11) is 0. The van der Waals surface area contributed by atoms with Crippen LogP contribution in [-0.4, -0.2) is 6.71 Å². The van der Waals surface area contributed by atoms with Gasteiger partial charge in [-0.25, -0.2) is 0 Å². The maximum atomic E-state index is 7.25. The summed E-state index contributed by atoms with van der Waals surface area (Å²) in [6.45, 7) is 2.16. The largest absolute Gasteiger partial charge is 0.468 e. The number of nitrogens with zero attached hydrogens (tertiary/aromatic N) is 3. The first kappa shape index (κ1) is 32.4. The van der Waals surface area contributed by atoms with Crippen molar-refractivity contribution < 1.29 is 4.42 Å². The van der Waals surface area contributed by atoms with Crippen LogP contribution in [0.15, 0.2) is 120 Å². The van der Waals surface area contributed by atoms with Gasteiger partial charge in [-0.2, -0.15) is 0 Å². The van der Waals surface area contributed by atoms with Crippen LogP contribution in [0, 0.1) is 6.92 Å². The molecule has 0 bridgehead atoms. The Hall–Kier alpha value is -6.46. The molecule has 4 nitrogen and oxygen atoms in total. The van der Waals surface area contributed by atoms with Gasteiger partial charge in [0, 0.05) is 45.2 Å². The van der Waals surface area contributed by atoms with Crippen LogP contribution in [0.2, 0.25) is 0 Å². The molecule has 7 aromatic carbocycles. The summed E-state index contributed by atoms with van der Waals surface area (Å²) in [6, 6.07) is 45.8. The number of aryl methyl sites for hydroxylation is 11. The third-order valence-corrected chi connectivity index (χ3v) is 15.5. The van der Waals surface area contributed by atoms with E-state index in [1.54, 1.807) is 0 Å². The third kappa shape index (κ3) is 4.27. The molecule has 15 rings (SSSR count). The number of furan rings is 1. The number of anilines is 9. The van der Waals surface area contributed by atoms with Crippen molar-refractivity contribution in [2.45, 2.75) is 71.1 Å². The van der Waals surface area contributed by atoms with Gasteiger partial charge in [-0.15, -0.1) is 0 Å². The Balaban J connectivity index is 1.08. The predicted molar refractivity (Wildman–Crippen MR) is 247 cm³/mol. The highest BCUT2D eigenvalue weighted by Gasteiger charge is 2.48. The van der Waals surface area contributed by atoms with E-state index < -0.39 is 0 Å². The van der Waals surface area contributed by atoms with Gasteiger partial charge in [0.05, 0.1) is 17.0 Å². The summed E-state index contributed by atoms with van der Waals surface area (Å²) in [6.07, 6.45) is 11.5. The van der Waals surface area contributed by atoms with Gasteiger partial charge in [0.1, 0.15) is 5.58 Å². The lowest BCUT2D eigenvalue weighted by Crippen LogP contribution is -2.61. The minimum Gasteiger partial charge on any atom is -0.468 e. The van der Waals surface area contributed by atoms with Gasteiger partial charge >= 0.3 is 0 Å². The zero-order valence-electron chi connectivity index (χ0n) is 33.9. The molecule has 8 aromatic rings. The molecule has 5 aliphatic carbocycles. The molecule has 0 radical (unpaired) electrons. The Morgan fingerprint density at radius 3 is 1.53 bits per heavy atom. The Labute approximate surface area is 350 Å². The number of benzene rings is 7. The van der Waals surface area contributed by atoms with Crippen LogP contribution in [0.25, 0.3) is 11.0 Å².